The number of nitrogens with one attached hydrogen (secondary N) is 2. The molecule has 1 unspecified atom stereocenters. The molecule has 1 aromatic carbocycles. The number of hydrogen-bond donors (Lipinski definition) is 3. The molecular weight excluding hydrogens is 237 g/mol. The summed E-state index contributed by atoms with van der Waals surface area (Å²) in [6.07, 6.45) is 0. The van der Waals surface area contributed by atoms with E-state index in [0.29, 0.717) is 30.2 Å². The van der Waals surface area contributed by atoms with Crippen molar-refractivity contribution in [3.63, 3.8) is 0 Å². The van der Waals surface area contributed by atoms with Crippen LogP contribution in [0.1, 0.15) is 12.5 Å². The molecule has 1 atom stereocenters. The van der Waals surface area contributed by atoms with E-state index in [1.54, 1.807) is 6.07 Å². The Hall–Kier alpha value is -2.11. The molecule has 0 fully saturated rings. The second-order valence-electron chi connectivity index (χ2n) is 4.02. The highest BCUT2D eigenvalue weighted by atomic mass is 19.1. The molecule has 1 aromatic rings. The van der Waals surface area contributed by atoms with Crippen LogP contribution in [-0.4, -0.2) is 36.0 Å². The average Bonchev–Trinajstić information content (AvgIpc) is 2.82. The summed E-state index contributed by atoms with van der Waals surface area (Å²) < 4.78 is 13.8. The van der Waals surface area contributed by atoms with E-state index in [-0.39, 0.29) is 0 Å². The van der Waals surface area contributed by atoms with Gasteiger partial charge in [-0.25, -0.2) is 4.39 Å². The number of carbonyl (C=O) groups is 1. The number of rotatable bonds is 4. The van der Waals surface area contributed by atoms with Gasteiger partial charge in [0.15, 0.2) is 0 Å². The SMILES string of the molecule is CC(Nc1cccc(F)c1C1=NCCN1)C(=O)O. The number of aliphatic imine (C=N–C) groups is 1. The Morgan fingerprint density at radius 2 is 2.39 bits per heavy atom. The van der Waals surface area contributed by atoms with Crippen LogP contribution in [0.25, 0.3) is 0 Å². The van der Waals surface area contributed by atoms with Crippen LogP contribution < -0.4 is 10.6 Å². The Labute approximate surface area is 104 Å². The van der Waals surface area contributed by atoms with Gasteiger partial charge in [0.1, 0.15) is 17.7 Å². The van der Waals surface area contributed by atoms with Gasteiger partial charge in [-0.3, -0.25) is 9.79 Å². The topological polar surface area (TPSA) is 73.7 Å². The molecule has 6 heteroatoms. The summed E-state index contributed by atoms with van der Waals surface area (Å²) in [5.74, 6) is -0.953. The van der Waals surface area contributed by atoms with Gasteiger partial charge in [0.05, 0.1) is 12.1 Å². The summed E-state index contributed by atoms with van der Waals surface area (Å²) >= 11 is 0. The summed E-state index contributed by atoms with van der Waals surface area (Å²) in [5.41, 5.74) is 0.723. The van der Waals surface area contributed by atoms with E-state index in [1.807, 2.05) is 0 Å². The molecule has 0 saturated heterocycles. The lowest BCUT2D eigenvalue weighted by atomic mass is 10.1. The van der Waals surface area contributed by atoms with Crippen molar-refractivity contribution in [1.82, 2.24) is 5.32 Å². The van der Waals surface area contributed by atoms with Crippen molar-refractivity contribution in [1.29, 1.82) is 0 Å². The number of hydrogen-bond acceptors (Lipinski definition) is 4. The van der Waals surface area contributed by atoms with E-state index < -0.39 is 17.8 Å². The van der Waals surface area contributed by atoms with Gasteiger partial charge < -0.3 is 15.7 Å². The first kappa shape index (κ1) is 12.3. The van der Waals surface area contributed by atoms with Crippen LogP contribution in [0.5, 0.6) is 0 Å². The van der Waals surface area contributed by atoms with Gasteiger partial charge in [0.2, 0.25) is 0 Å². The number of carboxylic acid groups (broad SMARTS) is 1. The molecule has 3 N–H and O–H groups in total. The Morgan fingerprint density at radius 3 is 3.00 bits per heavy atom. The number of nitrogens with zero attached hydrogens (tertiary/aromatic N) is 1. The van der Waals surface area contributed by atoms with Gasteiger partial charge in [0.25, 0.3) is 0 Å². The van der Waals surface area contributed by atoms with Crippen molar-refractivity contribution < 1.29 is 14.3 Å². The standard InChI is InChI=1S/C12H14FN3O2/c1-7(12(17)18)16-9-4-2-3-8(13)10(9)11-14-5-6-15-11/h2-4,7,16H,5-6H2,1H3,(H,14,15)(H,17,18). The minimum absolute atomic E-state index is 0.295. The summed E-state index contributed by atoms with van der Waals surface area (Å²) in [5, 5.41) is 14.6. The fourth-order valence-corrected chi connectivity index (χ4v) is 1.75. The molecule has 1 aliphatic rings. The second-order valence-corrected chi connectivity index (χ2v) is 4.02. The molecule has 1 heterocycles. The first-order valence-electron chi connectivity index (χ1n) is 5.66. The third-order valence-electron chi connectivity index (χ3n) is 2.67. The van der Waals surface area contributed by atoms with Crippen molar-refractivity contribution in [3.8, 4) is 0 Å². The van der Waals surface area contributed by atoms with Crippen LogP contribution in [0.4, 0.5) is 10.1 Å². The first-order valence-corrected chi connectivity index (χ1v) is 5.66. The van der Waals surface area contributed by atoms with E-state index in [1.165, 1.54) is 19.1 Å². The largest absolute Gasteiger partial charge is 0.480 e. The number of anilines is 1. The maximum Gasteiger partial charge on any atom is 0.325 e. The van der Waals surface area contributed by atoms with E-state index in [2.05, 4.69) is 15.6 Å². The van der Waals surface area contributed by atoms with Crippen molar-refractivity contribution >= 4 is 17.5 Å². The van der Waals surface area contributed by atoms with E-state index in [4.69, 9.17) is 5.11 Å². The first-order chi connectivity index (χ1) is 8.59. The molecule has 0 saturated carbocycles. The van der Waals surface area contributed by atoms with Crippen molar-refractivity contribution in [2.75, 3.05) is 18.4 Å². The zero-order valence-corrected chi connectivity index (χ0v) is 9.90. The maximum atomic E-state index is 13.8. The number of halogens is 1. The van der Waals surface area contributed by atoms with Crippen molar-refractivity contribution in [2.45, 2.75) is 13.0 Å². The fourth-order valence-electron chi connectivity index (χ4n) is 1.75. The van der Waals surface area contributed by atoms with Crippen LogP contribution in [0.3, 0.4) is 0 Å². The minimum atomic E-state index is -0.994. The third kappa shape index (κ3) is 2.42. The summed E-state index contributed by atoms with van der Waals surface area (Å²) in [7, 11) is 0. The Bertz CT molecular complexity index is 502. The van der Waals surface area contributed by atoms with Crippen LogP contribution in [0.15, 0.2) is 23.2 Å². The summed E-state index contributed by atoms with van der Waals surface area (Å²) in [6, 6.07) is 3.70. The molecular formula is C12H14FN3O2. The highest BCUT2D eigenvalue weighted by Gasteiger charge is 2.19. The molecule has 1 aliphatic heterocycles. The zero-order valence-electron chi connectivity index (χ0n) is 9.90. The molecule has 0 aliphatic carbocycles. The minimum Gasteiger partial charge on any atom is -0.480 e. The van der Waals surface area contributed by atoms with Crippen molar-refractivity contribution in [3.05, 3.63) is 29.6 Å². The van der Waals surface area contributed by atoms with Crippen LogP contribution in [0, 0.1) is 5.82 Å². The van der Waals surface area contributed by atoms with Gasteiger partial charge in [-0.1, -0.05) is 6.07 Å². The van der Waals surface area contributed by atoms with E-state index >= 15 is 0 Å². The monoisotopic (exact) mass is 251 g/mol. The maximum absolute atomic E-state index is 13.8. The smallest absolute Gasteiger partial charge is 0.325 e. The molecule has 0 radical (unpaired) electrons. The van der Waals surface area contributed by atoms with Crippen molar-refractivity contribution in [2.24, 2.45) is 4.99 Å². The van der Waals surface area contributed by atoms with Gasteiger partial charge in [-0.2, -0.15) is 0 Å². The summed E-state index contributed by atoms with van der Waals surface area (Å²) in [6.45, 7) is 2.76. The number of carboxylic acids is 1. The Balaban J connectivity index is 2.35. The lowest BCUT2D eigenvalue weighted by Gasteiger charge is -2.15. The second kappa shape index (κ2) is 5.03. The number of amidine groups is 1. The molecule has 0 aromatic heterocycles. The molecule has 0 amide bonds. The fraction of sp³-hybridized carbons (Fsp3) is 0.333. The molecule has 5 nitrogen and oxygen atoms in total. The molecule has 2 rings (SSSR count). The Morgan fingerprint density at radius 1 is 1.61 bits per heavy atom. The zero-order chi connectivity index (χ0) is 13.1. The molecule has 0 spiro atoms. The van der Waals surface area contributed by atoms with Crippen LogP contribution in [-0.2, 0) is 4.79 Å². The van der Waals surface area contributed by atoms with Gasteiger partial charge >= 0.3 is 5.97 Å². The van der Waals surface area contributed by atoms with Crippen LogP contribution >= 0.6 is 0 Å². The van der Waals surface area contributed by atoms with Crippen LogP contribution in [0.2, 0.25) is 0 Å². The molecule has 96 valence electrons. The predicted octanol–water partition coefficient (Wildman–Crippen LogP) is 1.06. The number of benzene rings is 1. The average molecular weight is 251 g/mol. The van der Waals surface area contributed by atoms with Gasteiger partial charge in [-0.15, -0.1) is 0 Å². The third-order valence-corrected chi connectivity index (χ3v) is 2.67. The van der Waals surface area contributed by atoms with Gasteiger partial charge in [-0.05, 0) is 19.1 Å². The van der Waals surface area contributed by atoms with E-state index in [0.717, 1.165) is 0 Å². The quantitative estimate of drug-likeness (QED) is 0.748. The summed E-state index contributed by atoms with van der Waals surface area (Å²) in [4.78, 5) is 15.0. The van der Waals surface area contributed by atoms with Gasteiger partial charge in [0, 0.05) is 12.2 Å². The highest BCUT2D eigenvalue weighted by Crippen LogP contribution is 2.21. The highest BCUT2D eigenvalue weighted by molar-refractivity contribution is 6.04. The predicted molar refractivity (Wildman–Crippen MR) is 66.5 cm³/mol. The van der Waals surface area contributed by atoms with E-state index in [9.17, 15) is 9.18 Å². The lowest BCUT2D eigenvalue weighted by Crippen LogP contribution is -2.28. The molecule has 0 bridgehead atoms. The Kier molecular flexibility index (Phi) is 3.45. The normalized spacial score (nSPS) is 15.8. The number of aliphatic carboxylic acids is 1. The molecule has 18 heavy (non-hydrogen) atoms. The lowest BCUT2D eigenvalue weighted by molar-refractivity contribution is -0.137.